The average molecular weight is 449 g/mol. The highest BCUT2D eigenvalue weighted by Crippen LogP contribution is 2.34. The summed E-state index contributed by atoms with van der Waals surface area (Å²) in [5.41, 5.74) is 0.555. The van der Waals surface area contributed by atoms with Gasteiger partial charge in [-0.2, -0.15) is 13.2 Å². The number of carbonyl (C=O) groups is 1. The van der Waals surface area contributed by atoms with E-state index in [1.165, 1.54) is 24.3 Å². The molecule has 4 rings (SSSR count). The molecule has 0 saturated carbocycles. The second kappa shape index (κ2) is 8.74. The summed E-state index contributed by atoms with van der Waals surface area (Å²) in [6, 6.07) is 11.1. The summed E-state index contributed by atoms with van der Waals surface area (Å²) in [6.07, 6.45) is -2.61. The van der Waals surface area contributed by atoms with Gasteiger partial charge in [-0.25, -0.2) is 8.78 Å². The number of aromatic nitrogens is 1. The van der Waals surface area contributed by atoms with Gasteiger partial charge in [-0.3, -0.25) is 9.69 Å². The summed E-state index contributed by atoms with van der Waals surface area (Å²) in [5, 5.41) is 2.63. The molecule has 1 aliphatic rings. The molecule has 1 unspecified atom stereocenters. The van der Waals surface area contributed by atoms with E-state index < -0.39 is 35.3 Å². The van der Waals surface area contributed by atoms with Crippen LogP contribution in [0.3, 0.4) is 0 Å². The lowest BCUT2D eigenvalue weighted by atomic mass is 9.99. The fourth-order valence-electron chi connectivity index (χ4n) is 3.98. The van der Waals surface area contributed by atoms with Crippen LogP contribution < -0.4 is 5.32 Å². The summed E-state index contributed by atoms with van der Waals surface area (Å²) in [7, 11) is 0. The molecule has 1 aromatic heterocycles. The Morgan fingerprint density at radius 3 is 2.59 bits per heavy atom. The van der Waals surface area contributed by atoms with Crippen LogP contribution in [0.5, 0.6) is 0 Å². The Morgan fingerprint density at radius 2 is 1.84 bits per heavy atom. The highest BCUT2D eigenvalue weighted by molar-refractivity contribution is 5.78. The molecule has 2 aromatic carbocycles. The molecule has 0 bridgehead atoms. The summed E-state index contributed by atoms with van der Waals surface area (Å²) in [5.74, 6) is -1.81. The van der Waals surface area contributed by atoms with Gasteiger partial charge >= 0.3 is 6.18 Å². The highest BCUT2D eigenvalue weighted by atomic mass is 19.4. The Balaban J connectivity index is 1.49. The molecular formula is C23H20F5N3O. The topological polar surface area (TPSA) is 37.3 Å². The van der Waals surface area contributed by atoms with Gasteiger partial charge in [0.2, 0.25) is 5.91 Å². The molecule has 168 valence electrons. The van der Waals surface area contributed by atoms with Crippen LogP contribution in [-0.4, -0.2) is 28.5 Å². The fourth-order valence-corrected chi connectivity index (χ4v) is 3.98. The Hall–Kier alpha value is -3.20. The molecule has 1 atom stereocenters. The minimum absolute atomic E-state index is 0.0669. The first kappa shape index (κ1) is 22.0. The third-order valence-electron chi connectivity index (χ3n) is 5.49. The zero-order chi connectivity index (χ0) is 22.9. The Bertz CT molecular complexity index is 1120. The zero-order valence-corrected chi connectivity index (χ0v) is 16.9. The third-order valence-corrected chi connectivity index (χ3v) is 5.49. The van der Waals surface area contributed by atoms with Crippen molar-refractivity contribution in [3.63, 3.8) is 0 Å². The number of hydrogen-bond donors (Lipinski definition) is 1. The first-order chi connectivity index (χ1) is 15.2. The maximum Gasteiger partial charge on any atom is 0.416 e. The average Bonchev–Trinajstić information content (AvgIpc) is 3.21. The summed E-state index contributed by atoms with van der Waals surface area (Å²) in [6.45, 7) is 0.872. The number of hydrogen-bond acceptors (Lipinski definition) is 2. The number of carbonyl (C=O) groups excluding carboxylic acids is 1. The number of fused-ring (bicyclic) bond motifs is 1. The van der Waals surface area contributed by atoms with E-state index in [0.29, 0.717) is 18.7 Å². The quantitative estimate of drug-likeness (QED) is 0.583. The molecular weight excluding hydrogens is 429 g/mol. The normalized spacial score (nSPS) is 16.6. The first-order valence-corrected chi connectivity index (χ1v) is 9.99. The van der Waals surface area contributed by atoms with Gasteiger partial charge in [0, 0.05) is 43.2 Å². The van der Waals surface area contributed by atoms with Gasteiger partial charge < -0.3 is 9.88 Å². The van der Waals surface area contributed by atoms with Crippen LogP contribution >= 0.6 is 0 Å². The highest BCUT2D eigenvalue weighted by Gasteiger charge is 2.32. The maximum absolute atomic E-state index is 14.6. The maximum atomic E-state index is 14.6. The molecule has 2 heterocycles. The molecule has 4 nitrogen and oxygen atoms in total. The number of halogens is 5. The molecule has 3 aromatic rings. The van der Waals surface area contributed by atoms with Gasteiger partial charge in [-0.05, 0) is 35.9 Å². The van der Waals surface area contributed by atoms with Crippen LogP contribution in [0.1, 0.15) is 28.4 Å². The monoisotopic (exact) mass is 449 g/mol. The predicted molar refractivity (Wildman–Crippen MR) is 107 cm³/mol. The molecule has 0 spiro atoms. The van der Waals surface area contributed by atoms with Crippen molar-refractivity contribution < 1.29 is 26.7 Å². The Morgan fingerprint density at radius 1 is 1.03 bits per heavy atom. The minimum Gasteiger partial charge on any atom is -0.351 e. The van der Waals surface area contributed by atoms with Crippen LogP contribution in [0.25, 0.3) is 0 Å². The standard InChI is InChI=1S/C23H20F5N3O/c24-17-6-7-18(19(25)12-17)22-20-5-2-8-30(20)9-10-31(22)14-21(32)29-13-15-3-1-4-16(11-15)23(26,27)28/h1-8,11-12,22H,9-10,13-14H2,(H,29,32). The van der Waals surface area contributed by atoms with E-state index >= 15 is 0 Å². The van der Waals surface area contributed by atoms with Crippen molar-refractivity contribution in [1.82, 2.24) is 14.8 Å². The van der Waals surface area contributed by atoms with Crippen molar-refractivity contribution in [2.45, 2.75) is 25.3 Å². The molecule has 9 heteroatoms. The number of nitrogens with one attached hydrogen (secondary N) is 1. The number of benzene rings is 2. The van der Waals surface area contributed by atoms with Crippen LogP contribution in [0.15, 0.2) is 60.8 Å². The Labute approximate surface area is 181 Å². The number of rotatable bonds is 5. The molecule has 0 aliphatic carbocycles. The molecule has 0 radical (unpaired) electrons. The van der Waals surface area contributed by atoms with Crippen molar-refractivity contribution in [2.24, 2.45) is 0 Å². The van der Waals surface area contributed by atoms with Gasteiger partial charge in [0.1, 0.15) is 11.6 Å². The van der Waals surface area contributed by atoms with Crippen LogP contribution in [0.2, 0.25) is 0 Å². The first-order valence-electron chi connectivity index (χ1n) is 9.99. The van der Waals surface area contributed by atoms with Gasteiger partial charge in [-0.15, -0.1) is 0 Å². The lowest BCUT2D eigenvalue weighted by Crippen LogP contribution is -2.44. The largest absolute Gasteiger partial charge is 0.416 e. The lowest BCUT2D eigenvalue weighted by molar-refractivity contribution is -0.137. The van der Waals surface area contributed by atoms with Crippen LogP contribution in [0, 0.1) is 11.6 Å². The number of amides is 1. The fraction of sp³-hybridized carbons (Fsp3) is 0.261. The van der Waals surface area contributed by atoms with Crippen molar-refractivity contribution in [2.75, 3.05) is 13.1 Å². The van der Waals surface area contributed by atoms with Gasteiger partial charge in [-0.1, -0.05) is 18.2 Å². The van der Waals surface area contributed by atoms with E-state index in [4.69, 9.17) is 0 Å². The second-order valence-electron chi connectivity index (χ2n) is 7.64. The van der Waals surface area contributed by atoms with E-state index in [9.17, 15) is 26.7 Å². The summed E-state index contributed by atoms with van der Waals surface area (Å²) < 4.78 is 68.6. The molecule has 0 fully saturated rings. The van der Waals surface area contributed by atoms with E-state index in [-0.39, 0.29) is 18.7 Å². The predicted octanol–water partition coefficient (Wildman–Crippen LogP) is 4.51. The van der Waals surface area contributed by atoms with Crippen molar-refractivity contribution in [3.05, 3.63) is 94.8 Å². The van der Waals surface area contributed by atoms with E-state index in [0.717, 1.165) is 23.9 Å². The van der Waals surface area contributed by atoms with E-state index in [2.05, 4.69) is 5.32 Å². The van der Waals surface area contributed by atoms with Crippen molar-refractivity contribution in [1.29, 1.82) is 0 Å². The van der Waals surface area contributed by atoms with Gasteiger partial charge in [0.05, 0.1) is 18.2 Å². The lowest BCUT2D eigenvalue weighted by Gasteiger charge is -2.37. The van der Waals surface area contributed by atoms with E-state index in [1.54, 1.807) is 4.90 Å². The number of alkyl halides is 3. The molecule has 0 saturated heterocycles. The third kappa shape index (κ3) is 4.67. The molecule has 1 amide bonds. The van der Waals surface area contributed by atoms with Crippen molar-refractivity contribution >= 4 is 5.91 Å². The van der Waals surface area contributed by atoms with Crippen molar-refractivity contribution in [3.8, 4) is 0 Å². The SMILES string of the molecule is O=C(CN1CCn2cccc2C1c1ccc(F)cc1F)NCc1cccc(C(F)(F)F)c1. The second-order valence-corrected chi connectivity index (χ2v) is 7.64. The minimum atomic E-state index is -4.46. The molecule has 1 N–H and O–H groups in total. The van der Waals surface area contributed by atoms with Crippen LogP contribution in [-0.2, 0) is 24.1 Å². The molecule has 32 heavy (non-hydrogen) atoms. The summed E-state index contributed by atoms with van der Waals surface area (Å²) >= 11 is 0. The van der Waals surface area contributed by atoms with Gasteiger partial charge in [0.15, 0.2) is 0 Å². The van der Waals surface area contributed by atoms with E-state index in [1.807, 2.05) is 22.9 Å². The molecule has 1 aliphatic heterocycles. The smallest absolute Gasteiger partial charge is 0.351 e. The summed E-state index contributed by atoms with van der Waals surface area (Å²) in [4.78, 5) is 14.4. The zero-order valence-electron chi connectivity index (χ0n) is 16.9. The number of nitrogens with zero attached hydrogens (tertiary/aromatic N) is 2. The van der Waals surface area contributed by atoms with Crippen LogP contribution in [0.4, 0.5) is 22.0 Å². The Kier molecular flexibility index (Phi) is 6.01. The van der Waals surface area contributed by atoms with Gasteiger partial charge in [0.25, 0.3) is 0 Å².